The number of nitrogens with one attached hydrogen (secondary N) is 1. The molecule has 0 amide bonds. The molecule has 1 heterocycles. The quantitative estimate of drug-likeness (QED) is 0.526. The van der Waals surface area contributed by atoms with E-state index in [1.165, 1.54) is 31.2 Å². The Kier molecular flexibility index (Phi) is 6.65. The van der Waals surface area contributed by atoms with Gasteiger partial charge in [0.1, 0.15) is 6.54 Å². The van der Waals surface area contributed by atoms with Crippen LogP contribution in [0.3, 0.4) is 0 Å². The summed E-state index contributed by atoms with van der Waals surface area (Å²) < 4.78 is 75.2. The number of ether oxygens (including phenoxy) is 1. The van der Waals surface area contributed by atoms with Crippen LogP contribution in [0.5, 0.6) is 0 Å². The van der Waals surface area contributed by atoms with Crippen molar-refractivity contribution in [3.05, 3.63) is 65.5 Å². The van der Waals surface area contributed by atoms with Crippen molar-refractivity contribution < 1.29 is 35.6 Å². The Morgan fingerprint density at radius 2 is 1.88 bits per heavy atom. The van der Waals surface area contributed by atoms with Gasteiger partial charge in [-0.15, -0.1) is 0 Å². The van der Waals surface area contributed by atoms with Gasteiger partial charge in [-0.05, 0) is 38.1 Å². The zero-order valence-corrected chi connectivity index (χ0v) is 17.7. The molecule has 170 valence electrons. The standard InChI is InChI=1S/C20H18F3N3O5S/c1-12-6-8-16(9-7-12)32(28,29)24-11-17(27)30-13(2)19-25-18(26-31-19)14-4-3-5-15(10-14)20(21,22)23/h3-10,13,24H,11H2,1-2H3. The number of hydrogen-bond acceptors (Lipinski definition) is 7. The maximum Gasteiger partial charge on any atom is 0.416 e. The average molecular weight is 469 g/mol. The normalized spacial score (nSPS) is 13.0. The number of benzene rings is 2. The van der Waals surface area contributed by atoms with Crippen LogP contribution in [0.2, 0.25) is 0 Å². The Morgan fingerprint density at radius 3 is 2.53 bits per heavy atom. The molecule has 2 aromatic carbocycles. The fourth-order valence-corrected chi connectivity index (χ4v) is 3.57. The largest absolute Gasteiger partial charge is 0.452 e. The third-order valence-electron chi connectivity index (χ3n) is 4.28. The highest BCUT2D eigenvalue weighted by molar-refractivity contribution is 7.89. The summed E-state index contributed by atoms with van der Waals surface area (Å²) in [6.45, 7) is 2.56. The van der Waals surface area contributed by atoms with Crippen molar-refractivity contribution in [1.82, 2.24) is 14.9 Å². The minimum Gasteiger partial charge on any atom is -0.452 e. The highest BCUT2D eigenvalue weighted by Crippen LogP contribution is 2.31. The molecule has 0 bridgehead atoms. The van der Waals surface area contributed by atoms with Crippen molar-refractivity contribution in [3.8, 4) is 11.4 Å². The molecule has 0 radical (unpaired) electrons. The lowest BCUT2D eigenvalue weighted by Crippen LogP contribution is -2.31. The third-order valence-corrected chi connectivity index (χ3v) is 5.70. The zero-order chi connectivity index (χ0) is 23.5. The van der Waals surface area contributed by atoms with Crippen LogP contribution in [0.1, 0.15) is 30.0 Å². The predicted octanol–water partition coefficient (Wildman–Crippen LogP) is 3.65. The Bertz CT molecular complexity index is 1210. The van der Waals surface area contributed by atoms with E-state index in [4.69, 9.17) is 9.26 Å². The molecule has 1 unspecified atom stereocenters. The van der Waals surface area contributed by atoms with Crippen molar-refractivity contribution in [2.45, 2.75) is 31.0 Å². The molecule has 0 saturated carbocycles. The molecule has 1 atom stereocenters. The molecule has 8 nitrogen and oxygen atoms in total. The second kappa shape index (κ2) is 9.09. The molecule has 3 aromatic rings. The number of sulfonamides is 1. The molecule has 0 fully saturated rings. The second-order valence-electron chi connectivity index (χ2n) is 6.80. The third kappa shape index (κ3) is 5.71. The van der Waals surface area contributed by atoms with Crippen LogP contribution in [-0.4, -0.2) is 31.1 Å². The summed E-state index contributed by atoms with van der Waals surface area (Å²) in [6, 6.07) is 10.4. The second-order valence-corrected chi connectivity index (χ2v) is 8.57. The Hall–Kier alpha value is -3.25. The van der Waals surface area contributed by atoms with E-state index in [2.05, 4.69) is 14.9 Å². The van der Waals surface area contributed by atoms with Gasteiger partial charge in [-0.25, -0.2) is 8.42 Å². The van der Waals surface area contributed by atoms with Crippen molar-refractivity contribution in [2.75, 3.05) is 6.54 Å². The van der Waals surface area contributed by atoms with Gasteiger partial charge in [0.25, 0.3) is 5.89 Å². The van der Waals surface area contributed by atoms with E-state index >= 15 is 0 Å². The maximum absolute atomic E-state index is 12.9. The molecule has 12 heteroatoms. The van der Waals surface area contributed by atoms with Crippen LogP contribution < -0.4 is 4.72 Å². The SMILES string of the molecule is Cc1ccc(S(=O)(=O)NCC(=O)OC(C)c2nc(-c3cccc(C(F)(F)F)c3)no2)cc1. The molecule has 0 spiro atoms. The molecule has 0 aliphatic rings. The first-order chi connectivity index (χ1) is 15.0. The van der Waals surface area contributed by atoms with Crippen molar-refractivity contribution in [1.29, 1.82) is 0 Å². The lowest BCUT2D eigenvalue weighted by Gasteiger charge is -2.10. The smallest absolute Gasteiger partial charge is 0.416 e. The topological polar surface area (TPSA) is 111 Å². The van der Waals surface area contributed by atoms with Gasteiger partial charge in [0.15, 0.2) is 6.10 Å². The molecule has 0 aliphatic heterocycles. The highest BCUT2D eigenvalue weighted by atomic mass is 32.2. The molecule has 0 saturated heterocycles. The van der Waals surface area contributed by atoms with Crippen molar-refractivity contribution in [2.24, 2.45) is 0 Å². The van der Waals surface area contributed by atoms with Gasteiger partial charge in [-0.3, -0.25) is 4.79 Å². The molecular formula is C20H18F3N3O5S. The van der Waals surface area contributed by atoms with Gasteiger partial charge in [0.2, 0.25) is 15.8 Å². The molecule has 1 N–H and O–H groups in total. The molecule has 3 rings (SSSR count). The number of alkyl halides is 3. The number of halogens is 3. The summed E-state index contributed by atoms with van der Waals surface area (Å²) in [4.78, 5) is 16.0. The average Bonchev–Trinajstić information content (AvgIpc) is 3.23. The summed E-state index contributed by atoms with van der Waals surface area (Å²) >= 11 is 0. The van der Waals surface area contributed by atoms with Crippen LogP contribution in [0.4, 0.5) is 13.2 Å². The van der Waals surface area contributed by atoms with Crippen molar-refractivity contribution >= 4 is 16.0 Å². The number of hydrogen-bond donors (Lipinski definition) is 1. The lowest BCUT2D eigenvalue weighted by molar-refractivity contribution is -0.148. The number of rotatable bonds is 7. The van der Waals surface area contributed by atoms with Crippen LogP contribution in [0.25, 0.3) is 11.4 Å². The Labute approximate surface area is 181 Å². The fourth-order valence-electron chi connectivity index (χ4n) is 2.60. The first-order valence-electron chi connectivity index (χ1n) is 9.23. The van der Waals surface area contributed by atoms with Gasteiger partial charge < -0.3 is 9.26 Å². The van der Waals surface area contributed by atoms with E-state index in [-0.39, 0.29) is 22.2 Å². The minimum atomic E-state index is -4.53. The van der Waals surface area contributed by atoms with Crippen molar-refractivity contribution in [3.63, 3.8) is 0 Å². The number of carbonyl (C=O) groups excluding carboxylic acids is 1. The summed E-state index contributed by atoms with van der Waals surface area (Å²) in [5, 5.41) is 3.61. The summed E-state index contributed by atoms with van der Waals surface area (Å²) in [5.41, 5.74) is 0.0714. The zero-order valence-electron chi connectivity index (χ0n) is 16.9. The summed E-state index contributed by atoms with van der Waals surface area (Å²) in [7, 11) is -3.91. The summed E-state index contributed by atoms with van der Waals surface area (Å²) in [5.74, 6) is -1.19. The van der Waals surface area contributed by atoms with Gasteiger partial charge in [-0.2, -0.15) is 22.9 Å². The number of aryl methyl sites for hydroxylation is 1. The van der Waals surface area contributed by atoms with Gasteiger partial charge in [0.05, 0.1) is 10.5 Å². The van der Waals surface area contributed by atoms with Crippen LogP contribution >= 0.6 is 0 Å². The van der Waals surface area contributed by atoms with E-state index < -0.39 is 40.4 Å². The van der Waals surface area contributed by atoms with E-state index in [1.807, 2.05) is 0 Å². The maximum atomic E-state index is 12.9. The van der Waals surface area contributed by atoms with E-state index in [0.717, 1.165) is 17.7 Å². The summed E-state index contributed by atoms with van der Waals surface area (Å²) in [6.07, 6.45) is -5.59. The minimum absolute atomic E-state index is 0.00780. The number of carbonyl (C=O) groups is 1. The monoisotopic (exact) mass is 469 g/mol. The Balaban J connectivity index is 1.62. The van der Waals surface area contributed by atoms with E-state index in [1.54, 1.807) is 19.1 Å². The van der Waals surface area contributed by atoms with Crippen LogP contribution in [0, 0.1) is 6.92 Å². The predicted molar refractivity (Wildman–Crippen MR) is 106 cm³/mol. The molecular weight excluding hydrogens is 451 g/mol. The molecule has 1 aromatic heterocycles. The number of nitrogens with zero attached hydrogens (tertiary/aromatic N) is 2. The molecule has 0 aliphatic carbocycles. The van der Waals surface area contributed by atoms with Crippen LogP contribution in [0.15, 0.2) is 57.9 Å². The fraction of sp³-hybridized carbons (Fsp3) is 0.250. The van der Waals surface area contributed by atoms with E-state index in [0.29, 0.717) is 0 Å². The Morgan fingerprint density at radius 1 is 1.19 bits per heavy atom. The first-order valence-corrected chi connectivity index (χ1v) is 10.7. The number of esters is 1. The molecule has 32 heavy (non-hydrogen) atoms. The van der Waals surface area contributed by atoms with E-state index in [9.17, 15) is 26.4 Å². The van der Waals surface area contributed by atoms with Gasteiger partial charge >= 0.3 is 12.1 Å². The highest BCUT2D eigenvalue weighted by Gasteiger charge is 2.31. The van der Waals surface area contributed by atoms with Gasteiger partial charge in [-0.1, -0.05) is 35.0 Å². The van der Waals surface area contributed by atoms with Crippen LogP contribution in [-0.2, 0) is 25.7 Å². The first kappa shape index (κ1) is 23.4. The number of aromatic nitrogens is 2. The lowest BCUT2D eigenvalue weighted by atomic mass is 10.1. The van der Waals surface area contributed by atoms with Gasteiger partial charge in [0, 0.05) is 5.56 Å².